The Labute approximate surface area is 157 Å². The first-order valence-electron chi connectivity index (χ1n) is 8.82. The third-order valence-electron chi connectivity index (χ3n) is 4.88. The van der Waals surface area contributed by atoms with Crippen LogP contribution in [-0.2, 0) is 32.1 Å². The summed E-state index contributed by atoms with van der Waals surface area (Å²) >= 11 is 1.60. The van der Waals surface area contributed by atoms with Gasteiger partial charge in [0.1, 0.15) is 17.9 Å². The van der Waals surface area contributed by atoms with Crippen molar-refractivity contribution in [3.63, 3.8) is 0 Å². The Bertz CT molecular complexity index is 1040. The molecule has 0 spiro atoms. The van der Waals surface area contributed by atoms with E-state index in [2.05, 4.69) is 9.97 Å². The van der Waals surface area contributed by atoms with Crippen LogP contribution in [0.3, 0.4) is 0 Å². The minimum atomic E-state index is -4.32. The lowest BCUT2D eigenvalue weighted by molar-refractivity contribution is -0.908. The molecule has 4 rings (SSSR count). The maximum Gasteiger partial charge on any atom is 0.416 e. The van der Waals surface area contributed by atoms with Crippen molar-refractivity contribution in [3.05, 3.63) is 62.0 Å². The van der Waals surface area contributed by atoms with Crippen LogP contribution >= 0.6 is 11.3 Å². The summed E-state index contributed by atoms with van der Waals surface area (Å²) in [6.07, 6.45) is -1.27. The first-order valence-corrected chi connectivity index (χ1v) is 9.64. The molecule has 0 aliphatic heterocycles. The summed E-state index contributed by atoms with van der Waals surface area (Å²) in [6.45, 7) is 1.04. The van der Waals surface area contributed by atoms with E-state index in [1.165, 1.54) is 17.0 Å². The van der Waals surface area contributed by atoms with E-state index >= 15 is 0 Å². The highest BCUT2D eigenvalue weighted by Crippen LogP contribution is 2.34. The average molecular weight is 394 g/mol. The number of H-pyrrole nitrogens is 1. The summed E-state index contributed by atoms with van der Waals surface area (Å²) in [4.78, 5) is 23.1. The molecule has 2 N–H and O–H groups in total. The second-order valence-corrected chi connectivity index (χ2v) is 8.14. The van der Waals surface area contributed by atoms with Gasteiger partial charge in [0.2, 0.25) is 0 Å². The quantitative estimate of drug-likeness (QED) is 0.715. The number of benzene rings is 1. The van der Waals surface area contributed by atoms with Crippen molar-refractivity contribution in [2.45, 2.75) is 38.5 Å². The van der Waals surface area contributed by atoms with Gasteiger partial charge in [-0.2, -0.15) is 13.2 Å². The fourth-order valence-corrected chi connectivity index (χ4v) is 4.92. The van der Waals surface area contributed by atoms with Crippen molar-refractivity contribution in [2.75, 3.05) is 7.05 Å². The minimum Gasteiger partial charge on any atom is -0.327 e. The summed E-state index contributed by atoms with van der Waals surface area (Å²) in [6, 6.07) is 5.19. The number of fused-ring (bicyclic) bond motifs is 3. The minimum absolute atomic E-state index is 0.0864. The van der Waals surface area contributed by atoms with E-state index in [0.717, 1.165) is 57.6 Å². The van der Waals surface area contributed by atoms with Crippen LogP contribution in [0, 0.1) is 0 Å². The molecule has 0 amide bonds. The largest absolute Gasteiger partial charge is 0.416 e. The monoisotopic (exact) mass is 394 g/mol. The number of nitrogens with one attached hydrogen (secondary N) is 2. The number of halogens is 3. The van der Waals surface area contributed by atoms with Gasteiger partial charge in [-0.3, -0.25) is 4.79 Å². The average Bonchev–Trinajstić information content (AvgIpc) is 3.14. The van der Waals surface area contributed by atoms with Crippen molar-refractivity contribution in [3.8, 4) is 0 Å². The molecule has 0 saturated carbocycles. The molecule has 142 valence electrons. The molecule has 1 aromatic carbocycles. The molecular formula is C19H19F3N3OS+. The van der Waals surface area contributed by atoms with Gasteiger partial charge in [0.25, 0.3) is 5.56 Å². The first kappa shape index (κ1) is 18.2. The number of aromatic nitrogens is 2. The third kappa shape index (κ3) is 3.64. The third-order valence-corrected chi connectivity index (χ3v) is 6.07. The van der Waals surface area contributed by atoms with Crippen LogP contribution in [0.15, 0.2) is 29.1 Å². The Morgan fingerprint density at radius 3 is 2.63 bits per heavy atom. The highest BCUT2D eigenvalue weighted by Gasteiger charge is 2.30. The zero-order valence-electron chi connectivity index (χ0n) is 14.7. The molecule has 1 aliphatic carbocycles. The van der Waals surface area contributed by atoms with Gasteiger partial charge < -0.3 is 9.88 Å². The lowest BCUT2D eigenvalue weighted by Crippen LogP contribution is -3.06. The van der Waals surface area contributed by atoms with Crippen molar-refractivity contribution in [1.82, 2.24) is 9.97 Å². The van der Waals surface area contributed by atoms with Gasteiger partial charge in [-0.15, -0.1) is 11.3 Å². The summed E-state index contributed by atoms with van der Waals surface area (Å²) in [5.74, 6) is 0.608. The van der Waals surface area contributed by atoms with Crippen LogP contribution in [0.5, 0.6) is 0 Å². The SMILES string of the molecule is C[NH+](Cc1ccc(C(F)(F)F)cc1)Cc1nc2sc3c(c2c(=O)[nH]1)CCC3. The molecule has 2 aromatic heterocycles. The zero-order valence-corrected chi connectivity index (χ0v) is 15.6. The number of hydrogen-bond donors (Lipinski definition) is 2. The number of alkyl halides is 3. The Kier molecular flexibility index (Phi) is 4.55. The highest BCUT2D eigenvalue weighted by atomic mass is 32.1. The summed E-state index contributed by atoms with van der Waals surface area (Å²) in [7, 11) is 1.93. The van der Waals surface area contributed by atoms with Gasteiger partial charge in [0.05, 0.1) is 18.0 Å². The Morgan fingerprint density at radius 2 is 1.93 bits per heavy atom. The number of rotatable bonds is 4. The van der Waals surface area contributed by atoms with Crippen LogP contribution in [0.4, 0.5) is 13.2 Å². The van der Waals surface area contributed by atoms with Gasteiger partial charge >= 0.3 is 6.18 Å². The molecular weight excluding hydrogens is 375 g/mol. The number of hydrogen-bond acceptors (Lipinski definition) is 3. The predicted octanol–water partition coefficient (Wildman–Crippen LogP) is 2.71. The second kappa shape index (κ2) is 6.76. The lowest BCUT2D eigenvalue weighted by atomic mass is 10.1. The summed E-state index contributed by atoms with van der Waals surface area (Å²) in [5, 5.41) is 0.733. The maximum absolute atomic E-state index is 12.6. The van der Waals surface area contributed by atoms with Crippen molar-refractivity contribution < 1.29 is 18.1 Å². The lowest BCUT2D eigenvalue weighted by Gasteiger charge is -2.14. The first-order chi connectivity index (χ1) is 12.8. The summed E-state index contributed by atoms with van der Waals surface area (Å²) in [5.41, 5.74) is 1.22. The fourth-order valence-electron chi connectivity index (χ4n) is 3.64. The topological polar surface area (TPSA) is 50.2 Å². The van der Waals surface area contributed by atoms with Crippen LogP contribution < -0.4 is 10.5 Å². The van der Waals surface area contributed by atoms with Crippen molar-refractivity contribution in [1.29, 1.82) is 0 Å². The molecule has 0 radical (unpaired) electrons. The van der Waals surface area contributed by atoms with Gasteiger partial charge in [0.15, 0.2) is 5.82 Å². The van der Waals surface area contributed by atoms with E-state index < -0.39 is 11.7 Å². The molecule has 4 nitrogen and oxygen atoms in total. The Hall–Kier alpha value is -2.19. The maximum atomic E-state index is 12.6. The molecule has 8 heteroatoms. The van der Waals surface area contributed by atoms with E-state index in [9.17, 15) is 18.0 Å². The number of aromatic amines is 1. The predicted molar refractivity (Wildman–Crippen MR) is 98.0 cm³/mol. The molecule has 3 aromatic rings. The van der Waals surface area contributed by atoms with E-state index in [1.807, 2.05) is 7.05 Å². The van der Waals surface area contributed by atoms with Crippen LogP contribution in [0.25, 0.3) is 10.2 Å². The number of nitrogens with zero attached hydrogens (tertiary/aromatic N) is 1. The molecule has 1 unspecified atom stereocenters. The molecule has 27 heavy (non-hydrogen) atoms. The number of aryl methyl sites for hydroxylation is 2. The van der Waals surface area contributed by atoms with E-state index in [-0.39, 0.29) is 5.56 Å². The number of quaternary nitrogens is 1. The highest BCUT2D eigenvalue weighted by molar-refractivity contribution is 7.18. The van der Waals surface area contributed by atoms with Crippen LogP contribution in [-0.4, -0.2) is 17.0 Å². The smallest absolute Gasteiger partial charge is 0.327 e. The standard InChI is InChI=1S/C19H18F3N3OS/c1-25(9-11-5-7-12(8-6-11)19(20,21)22)10-15-23-17(26)16-13-3-2-4-14(13)27-18(16)24-15/h5-8H,2-4,9-10H2,1H3,(H,23,24,26)/p+1. The van der Waals surface area contributed by atoms with E-state index in [4.69, 9.17) is 0 Å². The van der Waals surface area contributed by atoms with E-state index in [1.54, 1.807) is 11.3 Å². The second-order valence-electron chi connectivity index (χ2n) is 7.06. The van der Waals surface area contributed by atoms with Crippen molar-refractivity contribution in [2.24, 2.45) is 0 Å². The zero-order chi connectivity index (χ0) is 19.2. The Balaban J connectivity index is 1.50. The van der Waals surface area contributed by atoms with E-state index in [0.29, 0.717) is 18.9 Å². The van der Waals surface area contributed by atoms with Gasteiger partial charge in [-0.25, -0.2) is 4.98 Å². The number of thiophene rings is 1. The van der Waals surface area contributed by atoms with Gasteiger partial charge in [-0.05, 0) is 37.0 Å². The van der Waals surface area contributed by atoms with Gasteiger partial charge in [-0.1, -0.05) is 12.1 Å². The molecule has 2 heterocycles. The molecule has 0 bridgehead atoms. The fraction of sp³-hybridized carbons (Fsp3) is 0.368. The molecule has 1 aliphatic rings. The van der Waals surface area contributed by atoms with Crippen LogP contribution in [0.2, 0.25) is 0 Å². The van der Waals surface area contributed by atoms with Gasteiger partial charge in [0, 0.05) is 10.4 Å². The molecule has 0 saturated heterocycles. The molecule has 0 fully saturated rings. The molecule has 1 atom stereocenters. The summed E-state index contributed by atoms with van der Waals surface area (Å²) < 4.78 is 37.9. The van der Waals surface area contributed by atoms with Crippen LogP contribution in [0.1, 0.15) is 33.8 Å². The normalized spacial score (nSPS) is 15.3. The van der Waals surface area contributed by atoms with Crippen molar-refractivity contribution >= 4 is 21.6 Å². The Morgan fingerprint density at radius 1 is 1.19 bits per heavy atom.